The van der Waals surface area contributed by atoms with Crippen LogP contribution in [0.25, 0.3) is 0 Å². The third-order valence-electron chi connectivity index (χ3n) is 2.08. The summed E-state index contributed by atoms with van der Waals surface area (Å²) in [6.45, 7) is 1.66. The number of carbonyl (C=O) groups is 1. The van der Waals surface area contributed by atoms with Gasteiger partial charge >= 0.3 is 0 Å². The first-order valence-corrected chi connectivity index (χ1v) is 5.27. The Morgan fingerprint density at radius 3 is 3.00 bits per heavy atom. The van der Waals surface area contributed by atoms with Crippen molar-refractivity contribution in [3.8, 4) is 0 Å². The van der Waals surface area contributed by atoms with Crippen LogP contribution in [0, 0.1) is 0 Å². The monoisotopic (exact) mass is 170 g/mol. The van der Waals surface area contributed by atoms with Crippen molar-refractivity contribution in [2.75, 3.05) is 6.26 Å². The Kier molecular flexibility index (Phi) is 3.18. The summed E-state index contributed by atoms with van der Waals surface area (Å²) in [6.07, 6.45) is 7.64. The molecule has 0 saturated carbocycles. The summed E-state index contributed by atoms with van der Waals surface area (Å²) < 4.78 is 0. The van der Waals surface area contributed by atoms with Crippen LogP contribution in [0.15, 0.2) is 11.6 Å². The van der Waals surface area contributed by atoms with Crippen LogP contribution < -0.4 is 0 Å². The zero-order chi connectivity index (χ0) is 8.27. The van der Waals surface area contributed by atoms with Crippen molar-refractivity contribution in [3.05, 3.63) is 11.6 Å². The van der Waals surface area contributed by atoms with Gasteiger partial charge < -0.3 is 0 Å². The van der Waals surface area contributed by atoms with Crippen molar-refractivity contribution < 1.29 is 4.79 Å². The quantitative estimate of drug-likeness (QED) is 0.633. The molecule has 0 spiro atoms. The van der Waals surface area contributed by atoms with Gasteiger partial charge in [0, 0.05) is 5.25 Å². The molecule has 1 aliphatic carbocycles. The third-order valence-corrected chi connectivity index (χ3v) is 3.05. The second kappa shape index (κ2) is 3.96. The molecule has 0 N–H and O–H groups in total. The first-order chi connectivity index (χ1) is 5.24. The average Bonchev–Trinajstić information content (AvgIpc) is 2.05. The van der Waals surface area contributed by atoms with E-state index in [0.29, 0.717) is 5.25 Å². The van der Waals surface area contributed by atoms with Crippen molar-refractivity contribution in [1.82, 2.24) is 0 Å². The van der Waals surface area contributed by atoms with Crippen molar-refractivity contribution in [2.24, 2.45) is 0 Å². The summed E-state index contributed by atoms with van der Waals surface area (Å²) in [7, 11) is 0. The summed E-state index contributed by atoms with van der Waals surface area (Å²) in [5, 5.41) is 0.586. The maximum Gasteiger partial charge on any atom is 0.155 e. The van der Waals surface area contributed by atoms with Gasteiger partial charge in [-0.15, -0.1) is 0 Å². The molecular weight excluding hydrogens is 156 g/mol. The first-order valence-electron chi connectivity index (χ1n) is 3.98. The molecule has 62 valence electrons. The molecule has 11 heavy (non-hydrogen) atoms. The molecule has 0 heterocycles. The molecule has 1 nitrogen and oxygen atoms in total. The van der Waals surface area contributed by atoms with Crippen molar-refractivity contribution >= 4 is 17.5 Å². The maximum atomic E-state index is 11.0. The lowest BCUT2D eigenvalue weighted by atomic mass is 9.97. The molecule has 1 unspecified atom stereocenters. The predicted molar refractivity (Wildman–Crippen MR) is 49.9 cm³/mol. The molecule has 0 aliphatic heterocycles. The predicted octanol–water partition coefficient (Wildman–Crippen LogP) is 2.42. The fourth-order valence-corrected chi connectivity index (χ4v) is 2.07. The number of hydrogen-bond donors (Lipinski definition) is 0. The van der Waals surface area contributed by atoms with Gasteiger partial charge in [-0.25, -0.2) is 0 Å². The molecule has 0 aromatic heterocycles. The van der Waals surface area contributed by atoms with Gasteiger partial charge in [-0.2, -0.15) is 11.8 Å². The number of rotatable bonds is 2. The van der Waals surface area contributed by atoms with E-state index in [1.54, 1.807) is 6.92 Å². The van der Waals surface area contributed by atoms with Gasteiger partial charge in [0.05, 0.1) is 0 Å². The number of ketones is 1. The highest BCUT2D eigenvalue weighted by molar-refractivity contribution is 7.99. The van der Waals surface area contributed by atoms with Crippen molar-refractivity contribution in [2.45, 2.75) is 31.4 Å². The van der Waals surface area contributed by atoms with Crippen LogP contribution in [-0.4, -0.2) is 17.3 Å². The van der Waals surface area contributed by atoms with Crippen molar-refractivity contribution in [1.29, 1.82) is 0 Å². The largest absolute Gasteiger partial charge is 0.295 e. The Morgan fingerprint density at radius 1 is 1.73 bits per heavy atom. The standard InChI is InChI=1S/C9H14OS/c1-7(10)8-4-3-5-9(6-8)11-2/h6,9H,3-5H2,1-2H3. The minimum Gasteiger partial charge on any atom is -0.295 e. The van der Waals surface area contributed by atoms with Gasteiger partial charge in [-0.1, -0.05) is 6.08 Å². The van der Waals surface area contributed by atoms with Crippen LogP contribution >= 0.6 is 11.8 Å². The van der Waals surface area contributed by atoms with Crippen LogP contribution in [-0.2, 0) is 4.79 Å². The first kappa shape index (κ1) is 8.85. The smallest absolute Gasteiger partial charge is 0.155 e. The minimum absolute atomic E-state index is 0.253. The number of hydrogen-bond acceptors (Lipinski definition) is 2. The van der Waals surface area contributed by atoms with E-state index in [1.807, 2.05) is 11.8 Å². The van der Waals surface area contributed by atoms with E-state index in [9.17, 15) is 4.79 Å². The van der Waals surface area contributed by atoms with Gasteiger partial charge in [0.15, 0.2) is 5.78 Å². The molecule has 0 amide bonds. The average molecular weight is 170 g/mol. The van der Waals surface area contributed by atoms with Crippen LogP contribution in [0.3, 0.4) is 0 Å². The molecule has 2 heteroatoms. The topological polar surface area (TPSA) is 17.1 Å². The van der Waals surface area contributed by atoms with E-state index in [1.165, 1.54) is 12.8 Å². The molecule has 0 saturated heterocycles. The number of thioether (sulfide) groups is 1. The minimum atomic E-state index is 0.253. The Morgan fingerprint density at radius 2 is 2.45 bits per heavy atom. The SMILES string of the molecule is CSC1C=C(C(C)=O)CCC1. The zero-order valence-electron chi connectivity index (χ0n) is 7.09. The van der Waals surface area contributed by atoms with E-state index in [4.69, 9.17) is 0 Å². The van der Waals surface area contributed by atoms with Crippen LogP contribution in [0.4, 0.5) is 0 Å². The Bertz CT molecular complexity index is 184. The number of carbonyl (C=O) groups excluding carboxylic acids is 1. The van der Waals surface area contributed by atoms with E-state index in [0.717, 1.165) is 12.0 Å². The zero-order valence-corrected chi connectivity index (χ0v) is 7.91. The molecule has 1 rings (SSSR count). The fraction of sp³-hybridized carbons (Fsp3) is 0.667. The normalized spacial score (nSPS) is 24.5. The van der Waals surface area contributed by atoms with Crippen LogP contribution in [0.1, 0.15) is 26.2 Å². The lowest BCUT2D eigenvalue weighted by Crippen LogP contribution is -2.09. The molecule has 0 bridgehead atoms. The molecule has 0 radical (unpaired) electrons. The summed E-state index contributed by atoms with van der Waals surface area (Å²) in [5.74, 6) is 0.253. The highest BCUT2D eigenvalue weighted by Gasteiger charge is 2.14. The maximum absolute atomic E-state index is 11.0. The second-order valence-electron chi connectivity index (χ2n) is 2.91. The van der Waals surface area contributed by atoms with E-state index in [2.05, 4.69) is 12.3 Å². The molecule has 0 aromatic carbocycles. The van der Waals surface area contributed by atoms with Gasteiger partial charge in [-0.3, -0.25) is 4.79 Å². The summed E-state index contributed by atoms with van der Waals surface area (Å²) in [6, 6.07) is 0. The van der Waals surface area contributed by atoms with Gasteiger partial charge in [0.25, 0.3) is 0 Å². The van der Waals surface area contributed by atoms with Crippen LogP contribution in [0.5, 0.6) is 0 Å². The molecule has 0 fully saturated rings. The van der Waals surface area contributed by atoms with Gasteiger partial charge in [-0.05, 0) is 38.0 Å². The van der Waals surface area contributed by atoms with Crippen LogP contribution in [0.2, 0.25) is 0 Å². The summed E-state index contributed by atoms with van der Waals surface area (Å²) in [4.78, 5) is 11.0. The lowest BCUT2D eigenvalue weighted by Gasteiger charge is -2.17. The molecule has 0 aromatic rings. The van der Waals surface area contributed by atoms with Gasteiger partial charge in [0.1, 0.15) is 0 Å². The third kappa shape index (κ3) is 2.37. The fourth-order valence-electron chi connectivity index (χ4n) is 1.36. The Balaban J connectivity index is 2.64. The Hall–Kier alpha value is -0.240. The summed E-state index contributed by atoms with van der Waals surface area (Å²) >= 11 is 1.84. The molecular formula is C9H14OS. The summed E-state index contributed by atoms with van der Waals surface area (Å²) in [5.41, 5.74) is 1.04. The lowest BCUT2D eigenvalue weighted by molar-refractivity contribution is -0.113. The number of allylic oxidation sites excluding steroid dienone is 1. The van der Waals surface area contributed by atoms with Gasteiger partial charge in [0.2, 0.25) is 0 Å². The second-order valence-corrected chi connectivity index (χ2v) is 3.99. The Labute approximate surface area is 72.2 Å². The molecule has 1 atom stereocenters. The van der Waals surface area contributed by atoms with E-state index < -0.39 is 0 Å². The van der Waals surface area contributed by atoms with E-state index in [-0.39, 0.29) is 5.78 Å². The highest BCUT2D eigenvalue weighted by Crippen LogP contribution is 2.25. The van der Waals surface area contributed by atoms with E-state index >= 15 is 0 Å². The van der Waals surface area contributed by atoms with Crippen molar-refractivity contribution in [3.63, 3.8) is 0 Å². The number of Topliss-reactive ketones (excluding diaryl/α,β-unsaturated/α-hetero) is 1. The highest BCUT2D eigenvalue weighted by atomic mass is 32.2. The molecule has 1 aliphatic rings.